The van der Waals surface area contributed by atoms with Crippen LogP contribution < -0.4 is 14.2 Å². The average Bonchev–Trinajstić information content (AvgIpc) is 2.73. The number of halogens is 3. The summed E-state index contributed by atoms with van der Waals surface area (Å²) < 4.78 is 52.3. The Morgan fingerprint density at radius 1 is 0.733 bits per heavy atom. The zero-order chi connectivity index (χ0) is 21.4. The van der Waals surface area contributed by atoms with Crippen molar-refractivity contribution >= 4 is 0 Å². The lowest BCUT2D eigenvalue weighted by Gasteiger charge is -2.14. The van der Waals surface area contributed by atoms with E-state index in [1.165, 1.54) is 24.3 Å². The summed E-state index contributed by atoms with van der Waals surface area (Å²) in [5, 5.41) is 9.38. The van der Waals surface area contributed by atoms with Crippen LogP contribution in [0.5, 0.6) is 17.2 Å². The molecule has 3 aromatic rings. The smallest absolute Gasteiger partial charge is 0.489 e. The molecule has 0 saturated carbocycles. The first-order valence-electron chi connectivity index (χ1n) is 9.31. The van der Waals surface area contributed by atoms with E-state index < -0.39 is 6.36 Å². The van der Waals surface area contributed by atoms with Gasteiger partial charge in [0.2, 0.25) is 0 Å². The molecule has 0 aliphatic heterocycles. The van der Waals surface area contributed by atoms with Gasteiger partial charge in [-0.3, -0.25) is 0 Å². The molecule has 0 fully saturated rings. The minimum Gasteiger partial charge on any atom is -0.489 e. The van der Waals surface area contributed by atoms with Crippen LogP contribution in [0, 0.1) is 0 Å². The van der Waals surface area contributed by atoms with Gasteiger partial charge in [-0.15, -0.1) is 13.2 Å². The van der Waals surface area contributed by atoms with Crippen molar-refractivity contribution in [2.24, 2.45) is 0 Å². The number of rotatable bonds is 9. The molecule has 0 unspecified atom stereocenters. The lowest BCUT2D eigenvalue weighted by atomic mass is 10.2. The molecule has 158 valence electrons. The highest BCUT2D eigenvalue weighted by molar-refractivity contribution is 5.43. The molecule has 30 heavy (non-hydrogen) atoms. The minimum absolute atomic E-state index is 0.129. The third kappa shape index (κ3) is 6.70. The van der Waals surface area contributed by atoms with Gasteiger partial charge < -0.3 is 19.3 Å². The summed E-state index contributed by atoms with van der Waals surface area (Å²) in [7, 11) is 0. The van der Waals surface area contributed by atoms with Crippen LogP contribution in [-0.2, 0) is 19.6 Å². The van der Waals surface area contributed by atoms with Gasteiger partial charge in [-0.05, 0) is 41.0 Å². The molecule has 3 rings (SSSR count). The molecule has 3 aromatic carbocycles. The van der Waals surface area contributed by atoms with Crippen molar-refractivity contribution in [1.82, 2.24) is 0 Å². The molecule has 0 aromatic heterocycles. The SMILES string of the molecule is OCc1ccc(OCc2ccc(OC(F)(F)F)cc2)c(OCCc2ccccc2)c1. The van der Waals surface area contributed by atoms with Gasteiger partial charge in [0.05, 0.1) is 13.2 Å². The van der Waals surface area contributed by atoms with Crippen molar-refractivity contribution in [3.63, 3.8) is 0 Å². The zero-order valence-electron chi connectivity index (χ0n) is 16.1. The van der Waals surface area contributed by atoms with Crippen LogP contribution in [-0.4, -0.2) is 18.1 Å². The van der Waals surface area contributed by atoms with Crippen molar-refractivity contribution in [2.75, 3.05) is 6.61 Å². The maximum absolute atomic E-state index is 12.2. The molecular formula is C23H21F3O4. The minimum atomic E-state index is -4.72. The number of alkyl halides is 3. The third-order valence-corrected chi connectivity index (χ3v) is 4.23. The molecule has 0 saturated heterocycles. The Morgan fingerprint density at radius 2 is 1.43 bits per heavy atom. The number of hydrogen-bond acceptors (Lipinski definition) is 4. The summed E-state index contributed by atoms with van der Waals surface area (Å²) >= 11 is 0. The Bertz CT molecular complexity index is 925. The number of ether oxygens (including phenoxy) is 3. The monoisotopic (exact) mass is 418 g/mol. The fraction of sp³-hybridized carbons (Fsp3) is 0.217. The number of benzene rings is 3. The molecule has 0 bridgehead atoms. The first-order valence-corrected chi connectivity index (χ1v) is 9.31. The Hall–Kier alpha value is -3.19. The van der Waals surface area contributed by atoms with E-state index in [1.807, 2.05) is 30.3 Å². The standard InChI is InChI=1S/C23H21F3O4/c24-23(25,26)30-20-9-6-18(7-10-20)16-29-21-11-8-19(15-27)14-22(21)28-13-12-17-4-2-1-3-5-17/h1-11,14,27H,12-13,15-16H2. The summed E-state index contributed by atoms with van der Waals surface area (Å²) in [4.78, 5) is 0. The van der Waals surface area contributed by atoms with E-state index in [9.17, 15) is 18.3 Å². The summed E-state index contributed by atoms with van der Waals surface area (Å²) in [6.45, 7) is 0.439. The van der Waals surface area contributed by atoms with Crippen LogP contribution in [0.3, 0.4) is 0 Å². The van der Waals surface area contributed by atoms with E-state index in [4.69, 9.17) is 9.47 Å². The molecule has 0 heterocycles. The summed E-state index contributed by atoms with van der Waals surface area (Å²) in [6, 6.07) is 20.5. The zero-order valence-corrected chi connectivity index (χ0v) is 16.1. The molecule has 4 nitrogen and oxygen atoms in total. The first kappa shape index (κ1) is 21.5. The molecule has 1 N–H and O–H groups in total. The normalized spacial score (nSPS) is 11.2. The van der Waals surface area contributed by atoms with Gasteiger partial charge in [-0.1, -0.05) is 48.5 Å². The maximum Gasteiger partial charge on any atom is 0.573 e. The first-order chi connectivity index (χ1) is 14.4. The molecule has 0 aliphatic carbocycles. The highest BCUT2D eigenvalue weighted by Crippen LogP contribution is 2.30. The molecule has 0 spiro atoms. The summed E-state index contributed by atoms with van der Waals surface area (Å²) in [5.41, 5.74) is 2.50. The van der Waals surface area contributed by atoms with E-state index in [-0.39, 0.29) is 19.0 Å². The number of hydrogen-bond donors (Lipinski definition) is 1. The van der Waals surface area contributed by atoms with E-state index >= 15 is 0 Å². The van der Waals surface area contributed by atoms with E-state index in [0.29, 0.717) is 35.7 Å². The Balaban J connectivity index is 1.62. The highest BCUT2D eigenvalue weighted by atomic mass is 19.4. The van der Waals surface area contributed by atoms with E-state index in [0.717, 1.165) is 5.56 Å². The molecule has 0 aliphatic rings. The fourth-order valence-corrected chi connectivity index (χ4v) is 2.75. The predicted octanol–water partition coefficient (Wildman–Crippen LogP) is 5.28. The van der Waals surface area contributed by atoms with Crippen molar-refractivity contribution in [1.29, 1.82) is 0 Å². The maximum atomic E-state index is 12.2. The molecule has 0 amide bonds. The summed E-state index contributed by atoms with van der Waals surface area (Å²) in [6.07, 6.45) is -4.01. The largest absolute Gasteiger partial charge is 0.573 e. The Morgan fingerprint density at radius 3 is 2.10 bits per heavy atom. The topological polar surface area (TPSA) is 47.9 Å². The van der Waals surface area contributed by atoms with Crippen LogP contribution in [0.15, 0.2) is 72.8 Å². The van der Waals surface area contributed by atoms with Crippen molar-refractivity contribution in [3.8, 4) is 17.2 Å². The van der Waals surface area contributed by atoms with Crippen molar-refractivity contribution in [3.05, 3.63) is 89.5 Å². The van der Waals surface area contributed by atoms with Gasteiger partial charge in [0.25, 0.3) is 0 Å². The third-order valence-electron chi connectivity index (χ3n) is 4.23. The predicted molar refractivity (Wildman–Crippen MR) is 105 cm³/mol. The second-order valence-electron chi connectivity index (χ2n) is 6.50. The van der Waals surface area contributed by atoms with Crippen LogP contribution in [0.25, 0.3) is 0 Å². The van der Waals surface area contributed by atoms with Gasteiger partial charge in [-0.25, -0.2) is 0 Å². The molecular weight excluding hydrogens is 397 g/mol. The van der Waals surface area contributed by atoms with Gasteiger partial charge in [0.1, 0.15) is 12.4 Å². The van der Waals surface area contributed by atoms with Gasteiger partial charge >= 0.3 is 6.36 Å². The van der Waals surface area contributed by atoms with Crippen LogP contribution in [0.2, 0.25) is 0 Å². The lowest BCUT2D eigenvalue weighted by Crippen LogP contribution is -2.17. The van der Waals surface area contributed by atoms with Gasteiger partial charge in [0.15, 0.2) is 11.5 Å². The van der Waals surface area contributed by atoms with E-state index in [2.05, 4.69) is 4.74 Å². The Kier molecular flexibility index (Phi) is 7.19. The van der Waals surface area contributed by atoms with Crippen molar-refractivity contribution in [2.45, 2.75) is 26.0 Å². The fourth-order valence-electron chi connectivity index (χ4n) is 2.75. The second-order valence-corrected chi connectivity index (χ2v) is 6.50. The van der Waals surface area contributed by atoms with E-state index in [1.54, 1.807) is 18.2 Å². The number of aliphatic hydroxyl groups excluding tert-OH is 1. The summed E-state index contributed by atoms with van der Waals surface area (Å²) in [5.74, 6) is 0.689. The second kappa shape index (κ2) is 10.0. The Labute approximate surface area is 172 Å². The lowest BCUT2D eigenvalue weighted by molar-refractivity contribution is -0.274. The average molecular weight is 418 g/mol. The number of aliphatic hydroxyl groups is 1. The molecule has 0 radical (unpaired) electrons. The van der Waals surface area contributed by atoms with Gasteiger partial charge in [0, 0.05) is 6.42 Å². The van der Waals surface area contributed by atoms with Gasteiger partial charge in [-0.2, -0.15) is 0 Å². The highest BCUT2D eigenvalue weighted by Gasteiger charge is 2.30. The van der Waals surface area contributed by atoms with Crippen molar-refractivity contribution < 1.29 is 32.5 Å². The van der Waals surface area contributed by atoms with Crippen LogP contribution in [0.1, 0.15) is 16.7 Å². The van der Waals surface area contributed by atoms with Crippen LogP contribution in [0.4, 0.5) is 13.2 Å². The quantitative estimate of drug-likeness (QED) is 0.514. The van der Waals surface area contributed by atoms with Crippen LogP contribution >= 0.6 is 0 Å². The molecule has 0 atom stereocenters. The molecule has 7 heteroatoms.